The Morgan fingerprint density at radius 2 is 1.95 bits per heavy atom. The average molecular weight is 294 g/mol. The number of anilines is 1. The van der Waals surface area contributed by atoms with E-state index in [4.69, 9.17) is 17.3 Å². The summed E-state index contributed by atoms with van der Waals surface area (Å²) in [6.07, 6.45) is 0. The summed E-state index contributed by atoms with van der Waals surface area (Å²) in [6, 6.07) is 12.8. The number of hydrogen-bond donors (Lipinski definition) is 2. The fraction of sp³-hybridized carbons (Fsp3) is 0.0714. The van der Waals surface area contributed by atoms with Crippen LogP contribution in [0.1, 0.15) is 15.9 Å². The van der Waals surface area contributed by atoms with Crippen molar-refractivity contribution in [2.45, 2.75) is 10.6 Å². The molecule has 0 spiro atoms. The van der Waals surface area contributed by atoms with Crippen molar-refractivity contribution in [3.63, 3.8) is 0 Å². The van der Waals surface area contributed by atoms with E-state index in [0.717, 1.165) is 5.56 Å². The van der Waals surface area contributed by atoms with Crippen LogP contribution < -0.4 is 5.73 Å². The number of rotatable bonds is 4. The molecule has 0 saturated carbocycles. The second-order valence-corrected chi connectivity index (χ2v) is 5.35. The van der Waals surface area contributed by atoms with Crippen LogP contribution in [0.2, 0.25) is 5.02 Å². The molecule has 0 radical (unpaired) electrons. The molecule has 5 heteroatoms. The Kier molecular flexibility index (Phi) is 4.35. The maximum Gasteiger partial charge on any atom is 0.336 e. The monoisotopic (exact) mass is 293 g/mol. The van der Waals surface area contributed by atoms with Gasteiger partial charge in [0.2, 0.25) is 0 Å². The minimum Gasteiger partial charge on any atom is -0.478 e. The van der Waals surface area contributed by atoms with Crippen molar-refractivity contribution in [3.05, 3.63) is 58.6 Å². The van der Waals surface area contributed by atoms with Gasteiger partial charge in [0.15, 0.2) is 0 Å². The first-order chi connectivity index (χ1) is 9.08. The van der Waals surface area contributed by atoms with E-state index in [0.29, 0.717) is 21.4 Å². The molecule has 0 aliphatic heterocycles. The summed E-state index contributed by atoms with van der Waals surface area (Å²) in [7, 11) is 0. The lowest BCUT2D eigenvalue weighted by Crippen LogP contribution is -2.01. The van der Waals surface area contributed by atoms with Gasteiger partial charge in [0.05, 0.1) is 10.6 Å². The van der Waals surface area contributed by atoms with E-state index >= 15 is 0 Å². The van der Waals surface area contributed by atoms with Crippen LogP contribution in [0.3, 0.4) is 0 Å². The molecule has 0 saturated heterocycles. The van der Waals surface area contributed by atoms with E-state index in [1.165, 1.54) is 17.8 Å². The van der Waals surface area contributed by atoms with Gasteiger partial charge in [-0.15, -0.1) is 11.8 Å². The van der Waals surface area contributed by atoms with Gasteiger partial charge in [-0.05, 0) is 17.7 Å². The molecule has 98 valence electrons. The molecule has 0 aromatic heterocycles. The van der Waals surface area contributed by atoms with Gasteiger partial charge in [0.1, 0.15) is 0 Å². The lowest BCUT2D eigenvalue weighted by atomic mass is 10.2. The van der Waals surface area contributed by atoms with E-state index in [-0.39, 0.29) is 5.56 Å². The van der Waals surface area contributed by atoms with E-state index in [9.17, 15) is 9.90 Å². The first-order valence-corrected chi connectivity index (χ1v) is 6.93. The third kappa shape index (κ3) is 3.43. The van der Waals surface area contributed by atoms with E-state index in [1.807, 2.05) is 30.3 Å². The summed E-state index contributed by atoms with van der Waals surface area (Å²) in [5.74, 6) is -0.366. The SMILES string of the molecule is Nc1cc(Cl)c(SCc2ccccc2)c(C(=O)O)c1. The number of benzene rings is 2. The van der Waals surface area contributed by atoms with E-state index in [2.05, 4.69) is 0 Å². The molecule has 2 rings (SSSR count). The minimum atomic E-state index is -1.02. The Morgan fingerprint density at radius 1 is 1.26 bits per heavy atom. The molecule has 0 unspecified atom stereocenters. The van der Waals surface area contributed by atoms with Gasteiger partial charge in [0.25, 0.3) is 0 Å². The molecule has 2 aromatic rings. The van der Waals surface area contributed by atoms with Gasteiger partial charge in [-0.1, -0.05) is 41.9 Å². The highest BCUT2D eigenvalue weighted by Crippen LogP contribution is 2.34. The van der Waals surface area contributed by atoms with E-state index in [1.54, 1.807) is 6.07 Å². The van der Waals surface area contributed by atoms with Crippen LogP contribution in [-0.4, -0.2) is 11.1 Å². The number of thioether (sulfide) groups is 1. The van der Waals surface area contributed by atoms with Crippen LogP contribution in [0.5, 0.6) is 0 Å². The molecular formula is C14H12ClNO2S. The Labute approximate surface area is 120 Å². The second kappa shape index (κ2) is 5.99. The van der Waals surface area contributed by atoms with Gasteiger partial charge < -0.3 is 10.8 Å². The van der Waals surface area contributed by atoms with Crippen molar-refractivity contribution in [2.75, 3.05) is 5.73 Å². The molecule has 0 amide bonds. The first-order valence-electron chi connectivity index (χ1n) is 5.57. The molecule has 0 fully saturated rings. The van der Waals surface area contributed by atoms with Crippen molar-refractivity contribution in [1.29, 1.82) is 0 Å². The van der Waals surface area contributed by atoms with Crippen molar-refractivity contribution >= 4 is 35.0 Å². The molecule has 19 heavy (non-hydrogen) atoms. The highest BCUT2D eigenvalue weighted by atomic mass is 35.5. The fourth-order valence-electron chi connectivity index (χ4n) is 1.65. The Morgan fingerprint density at radius 3 is 2.58 bits per heavy atom. The number of nitrogen functional groups attached to an aromatic ring is 1. The third-order valence-electron chi connectivity index (χ3n) is 2.52. The Bertz CT molecular complexity index is 602. The molecule has 3 nitrogen and oxygen atoms in total. The number of nitrogens with two attached hydrogens (primary N) is 1. The van der Waals surface area contributed by atoms with Crippen LogP contribution in [0.4, 0.5) is 5.69 Å². The minimum absolute atomic E-state index is 0.144. The maximum atomic E-state index is 11.2. The summed E-state index contributed by atoms with van der Waals surface area (Å²) in [5.41, 5.74) is 7.22. The number of carbonyl (C=O) groups is 1. The zero-order chi connectivity index (χ0) is 13.8. The van der Waals surface area contributed by atoms with Gasteiger partial charge in [0, 0.05) is 16.3 Å². The molecule has 2 aromatic carbocycles. The van der Waals surface area contributed by atoms with Crippen LogP contribution in [0, 0.1) is 0 Å². The smallest absolute Gasteiger partial charge is 0.336 e. The highest BCUT2D eigenvalue weighted by molar-refractivity contribution is 7.98. The van der Waals surface area contributed by atoms with Crippen LogP contribution in [0.15, 0.2) is 47.4 Å². The van der Waals surface area contributed by atoms with Gasteiger partial charge in [-0.2, -0.15) is 0 Å². The molecule has 0 bridgehead atoms. The Balaban J connectivity index is 2.27. The van der Waals surface area contributed by atoms with Crippen LogP contribution in [-0.2, 0) is 5.75 Å². The fourth-order valence-corrected chi connectivity index (χ4v) is 3.04. The summed E-state index contributed by atoms with van der Waals surface area (Å²) in [5, 5.41) is 9.56. The summed E-state index contributed by atoms with van der Waals surface area (Å²) >= 11 is 7.48. The predicted octanol–water partition coefficient (Wildman–Crippen LogP) is 3.91. The topological polar surface area (TPSA) is 63.3 Å². The first kappa shape index (κ1) is 13.8. The third-order valence-corrected chi connectivity index (χ3v) is 4.14. The number of hydrogen-bond acceptors (Lipinski definition) is 3. The lowest BCUT2D eigenvalue weighted by Gasteiger charge is -2.09. The highest BCUT2D eigenvalue weighted by Gasteiger charge is 2.15. The summed E-state index contributed by atoms with van der Waals surface area (Å²) < 4.78 is 0. The second-order valence-electron chi connectivity index (χ2n) is 3.96. The molecule has 0 atom stereocenters. The number of halogens is 1. The molecule has 3 N–H and O–H groups in total. The quantitative estimate of drug-likeness (QED) is 0.662. The van der Waals surface area contributed by atoms with Crippen molar-refractivity contribution in [1.82, 2.24) is 0 Å². The average Bonchev–Trinajstić information content (AvgIpc) is 2.38. The number of carboxylic acids is 1. The van der Waals surface area contributed by atoms with Crippen molar-refractivity contribution < 1.29 is 9.90 Å². The summed E-state index contributed by atoms with van der Waals surface area (Å²) in [4.78, 5) is 11.8. The van der Waals surface area contributed by atoms with Crippen molar-refractivity contribution in [3.8, 4) is 0 Å². The zero-order valence-electron chi connectivity index (χ0n) is 9.97. The standard InChI is InChI=1S/C14H12ClNO2S/c15-12-7-10(16)6-11(14(17)18)13(12)19-8-9-4-2-1-3-5-9/h1-7H,8,16H2,(H,17,18). The molecule has 0 aliphatic rings. The Hall–Kier alpha value is -1.65. The van der Waals surface area contributed by atoms with E-state index < -0.39 is 5.97 Å². The largest absolute Gasteiger partial charge is 0.478 e. The lowest BCUT2D eigenvalue weighted by molar-refractivity contribution is 0.0693. The number of aromatic carboxylic acids is 1. The maximum absolute atomic E-state index is 11.2. The van der Waals surface area contributed by atoms with Crippen LogP contribution >= 0.6 is 23.4 Å². The predicted molar refractivity (Wildman–Crippen MR) is 78.8 cm³/mol. The van der Waals surface area contributed by atoms with Gasteiger partial charge >= 0.3 is 5.97 Å². The summed E-state index contributed by atoms with van der Waals surface area (Å²) in [6.45, 7) is 0. The van der Waals surface area contributed by atoms with Gasteiger partial charge in [-0.25, -0.2) is 4.79 Å². The van der Waals surface area contributed by atoms with Gasteiger partial charge in [-0.3, -0.25) is 0 Å². The molecule has 0 aliphatic carbocycles. The molecule has 0 heterocycles. The van der Waals surface area contributed by atoms with Crippen molar-refractivity contribution in [2.24, 2.45) is 0 Å². The molecular weight excluding hydrogens is 282 g/mol. The normalized spacial score (nSPS) is 10.4. The zero-order valence-corrected chi connectivity index (χ0v) is 11.5. The van der Waals surface area contributed by atoms with Crippen LogP contribution in [0.25, 0.3) is 0 Å². The number of carboxylic acid groups (broad SMARTS) is 1.